The normalized spacial score (nSPS) is 15.4. The lowest BCUT2D eigenvalue weighted by Crippen LogP contribution is -2.16. The van der Waals surface area contributed by atoms with Crippen molar-refractivity contribution >= 4 is 5.82 Å². The van der Waals surface area contributed by atoms with E-state index >= 15 is 0 Å². The van der Waals surface area contributed by atoms with Crippen molar-refractivity contribution in [2.45, 2.75) is 25.7 Å². The predicted molar refractivity (Wildman–Crippen MR) is 59.4 cm³/mol. The number of nitrogens with zero attached hydrogens (tertiary/aromatic N) is 2. The van der Waals surface area contributed by atoms with Gasteiger partial charge in [0, 0.05) is 12.7 Å². The molecule has 1 aromatic heterocycles. The second kappa shape index (κ2) is 4.79. The molecule has 1 saturated carbocycles. The molecule has 0 amide bonds. The molecular formula is C12H15N3. The number of pyridine rings is 1. The number of aromatic nitrogens is 1. The molecule has 0 aliphatic heterocycles. The van der Waals surface area contributed by atoms with Gasteiger partial charge in [0.15, 0.2) is 0 Å². The average Bonchev–Trinajstić information content (AvgIpc) is 2.22. The molecule has 15 heavy (non-hydrogen) atoms. The Hall–Kier alpha value is -1.56. The Morgan fingerprint density at radius 2 is 2.40 bits per heavy atom. The van der Waals surface area contributed by atoms with Gasteiger partial charge in [0.1, 0.15) is 11.9 Å². The van der Waals surface area contributed by atoms with E-state index in [0.717, 1.165) is 18.3 Å². The van der Waals surface area contributed by atoms with Gasteiger partial charge in [-0.25, -0.2) is 4.98 Å². The van der Waals surface area contributed by atoms with Crippen LogP contribution in [-0.4, -0.2) is 11.5 Å². The largest absolute Gasteiger partial charge is 0.369 e. The van der Waals surface area contributed by atoms with Crippen molar-refractivity contribution in [1.29, 1.82) is 5.26 Å². The van der Waals surface area contributed by atoms with E-state index in [-0.39, 0.29) is 0 Å². The Kier molecular flexibility index (Phi) is 3.18. The maximum Gasteiger partial charge on any atom is 0.143 e. The summed E-state index contributed by atoms with van der Waals surface area (Å²) in [5, 5.41) is 12.1. The lowest BCUT2D eigenvalue weighted by atomic mass is 9.83. The number of nitriles is 1. The zero-order valence-corrected chi connectivity index (χ0v) is 8.74. The van der Waals surface area contributed by atoms with Crippen LogP contribution in [0, 0.1) is 17.2 Å². The van der Waals surface area contributed by atoms with Crippen LogP contribution in [0.2, 0.25) is 0 Å². The summed E-state index contributed by atoms with van der Waals surface area (Å²) in [5.74, 6) is 1.62. The molecule has 1 aliphatic carbocycles. The molecule has 1 heterocycles. The van der Waals surface area contributed by atoms with E-state index in [0.29, 0.717) is 5.56 Å². The molecule has 0 unspecified atom stereocenters. The Morgan fingerprint density at radius 3 is 3.07 bits per heavy atom. The van der Waals surface area contributed by atoms with Crippen LogP contribution in [0.25, 0.3) is 0 Å². The Labute approximate surface area is 90.1 Å². The molecule has 1 aromatic rings. The van der Waals surface area contributed by atoms with E-state index in [2.05, 4.69) is 16.4 Å². The Morgan fingerprint density at radius 1 is 1.53 bits per heavy atom. The Bertz CT molecular complexity index is 363. The van der Waals surface area contributed by atoms with Gasteiger partial charge in [-0.2, -0.15) is 5.26 Å². The van der Waals surface area contributed by atoms with E-state index in [1.54, 1.807) is 18.3 Å². The minimum Gasteiger partial charge on any atom is -0.369 e. The second-order valence-corrected chi connectivity index (χ2v) is 4.02. The maximum atomic E-state index is 8.85. The van der Waals surface area contributed by atoms with Crippen LogP contribution in [0.5, 0.6) is 0 Å². The summed E-state index contributed by atoms with van der Waals surface area (Å²) in [6.45, 7) is 0.927. The zero-order chi connectivity index (χ0) is 10.5. The highest BCUT2D eigenvalue weighted by molar-refractivity contribution is 5.50. The minimum atomic E-state index is 0.631. The molecule has 3 heteroatoms. The van der Waals surface area contributed by atoms with Crippen LogP contribution in [0.4, 0.5) is 5.82 Å². The molecule has 2 rings (SSSR count). The summed E-state index contributed by atoms with van der Waals surface area (Å²) < 4.78 is 0. The molecule has 0 bridgehead atoms. The molecule has 1 fully saturated rings. The number of hydrogen-bond acceptors (Lipinski definition) is 3. The third kappa shape index (κ3) is 2.47. The first-order valence-electron chi connectivity index (χ1n) is 5.49. The van der Waals surface area contributed by atoms with Gasteiger partial charge in [-0.3, -0.25) is 0 Å². The fraction of sp³-hybridized carbons (Fsp3) is 0.500. The van der Waals surface area contributed by atoms with Crippen molar-refractivity contribution in [3.05, 3.63) is 23.9 Å². The highest BCUT2D eigenvalue weighted by Gasteiger charge is 2.16. The smallest absolute Gasteiger partial charge is 0.143 e. The molecular weight excluding hydrogens is 186 g/mol. The van der Waals surface area contributed by atoms with Gasteiger partial charge in [-0.05, 0) is 24.5 Å². The zero-order valence-electron chi connectivity index (χ0n) is 8.74. The van der Waals surface area contributed by atoms with Gasteiger partial charge in [0.25, 0.3) is 0 Å². The average molecular weight is 201 g/mol. The standard InChI is InChI=1S/C12H15N3/c13-9-11-5-2-7-14-12(11)15-8-6-10-3-1-4-10/h2,5,7,10H,1,3-4,6,8H2,(H,14,15). The topological polar surface area (TPSA) is 48.7 Å². The van der Waals surface area contributed by atoms with E-state index < -0.39 is 0 Å². The van der Waals surface area contributed by atoms with Crippen LogP contribution in [0.1, 0.15) is 31.2 Å². The van der Waals surface area contributed by atoms with E-state index in [4.69, 9.17) is 5.26 Å². The summed E-state index contributed by atoms with van der Waals surface area (Å²) in [7, 11) is 0. The highest BCUT2D eigenvalue weighted by atomic mass is 15.0. The molecule has 0 saturated heterocycles. The van der Waals surface area contributed by atoms with E-state index in [9.17, 15) is 0 Å². The monoisotopic (exact) mass is 201 g/mol. The molecule has 0 spiro atoms. The van der Waals surface area contributed by atoms with Gasteiger partial charge < -0.3 is 5.32 Å². The highest BCUT2D eigenvalue weighted by Crippen LogP contribution is 2.29. The van der Waals surface area contributed by atoms with Gasteiger partial charge in [-0.15, -0.1) is 0 Å². The number of anilines is 1. The summed E-state index contributed by atoms with van der Waals surface area (Å²) in [5.41, 5.74) is 0.631. The first kappa shape index (κ1) is 9.97. The van der Waals surface area contributed by atoms with Gasteiger partial charge in [0.05, 0.1) is 5.56 Å². The maximum absolute atomic E-state index is 8.85. The van der Waals surface area contributed by atoms with Crippen molar-refractivity contribution < 1.29 is 0 Å². The van der Waals surface area contributed by atoms with Crippen LogP contribution < -0.4 is 5.32 Å². The third-order valence-corrected chi connectivity index (χ3v) is 3.00. The SMILES string of the molecule is N#Cc1cccnc1NCCC1CCC1. The van der Waals surface area contributed by atoms with Crippen molar-refractivity contribution in [3.8, 4) is 6.07 Å². The molecule has 0 aromatic carbocycles. The van der Waals surface area contributed by atoms with E-state index in [1.807, 2.05) is 0 Å². The fourth-order valence-corrected chi connectivity index (χ4v) is 1.81. The first-order chi connectivity index (χ1) is 7.40. The van der Waals surface area contributed by atoms with Crippen LogP contribution >= 0.6 is 0 Å². The molecule has 78 valence electrons. The van der Waals surface area contributed by atoms with Crippen LogP contribution in [0.15, 0.2) is 18.3 Å². The lowest BCUT2D eigenvalue weighted by Gasteiger charge is -2.25. The van der Waals surface area contributed by atoms with Gasteiger partial charge >= 0.3 is 0 Å². The van der Waals surface area contributed by atoms with Crippen molar-refractivity contribution in [2.24, 2.45) is 5.92 Å². The van der Waals surface area contributed by atoms with E-state index in [1.165, 1.54) is 25.7 Å². The van der Waals surface area contributed by atoms with Crippen molar-refractivity contribution in [1.82, 2.24) is 4.98 Å². The summed E-state index contributed by atoms with van der Waals surface area (Å²) >= 11 is 0. The quantitative estimate of drug-likeness (QED) is 0.814. The second-order valence-electron chi connectivity index (χ2n) is 4.02. The van der Waals surface area contributed by atoms with Crippen molar-refractivity contribution in [3.63, 3.8) is 0 Å². The van der Waals surface area contributed by atoms with Crippen LogP contribution in [0.3, 0.4) is 0 Å². The fourth-order valence-electron chi connectivity index (χ4n) is 1.81. The van der Waals surface area contributed by atoms with Crippen LogP contribution in [-0.2, 0) is 0 Å². The molecule has 0 atom stereocenters. The van der Waals surface area contributed by atoms with Gasteiger partial charge in [-0.1, -0.05) is 19.3 Å². The number of rotatable bonds is 4. The molecule has 1 aliphatic rings. The summed E-state index contributed by atoms with van der Waals surface area (Å²) in [6.07, 6.45) is 7.04. The predicted octanol–water partition coefficient (Wildman–Crippen LogP) is 2.56. The summed E-state index contributed by atoms with van der Waals surface area (Å²) in [4.78, 5) is 4.16. The Balaban J connectivity index is 1.84. The molecule has 3 nitrogen and oxygen atoms in total. The lowest BCUT2D eigenvalue weighted by molar-refractivity contribution is 0.303. The molecule has 0 radical (unpaired) electrons. The van der Waals surface area contributed by atoms with Crippen molar-refractivity contribution in [2.75, 3.05) is 11.9 Å². The third-order valence-electron chi connectivity index (χ3n) is 3.00. The minimum absolute atomic E-state index is 0.631. The number of hydrogen-bond donors (Lipinski definition) is 1. The first-order valence-corrected chi connectivity index (χ1v) is 5.49. The summed E-state index contributed by atoms with van der Waals surface area (Å²) in [6, 6.07) is 5.71. The molecule has 1 N–H and O–H groups in total. The number of nitrogens with one attached hydrogen (secondary N) is 1. The van der Waals surface area contributed by atoms with Gasteiger partial charge in [0.2, 0.25) is 0 Å².